The lowest BCUT2D eigenvalue weighted by Gasteiger charge is -2.30. The first-order valence-corrected chi connectivity index (χ1v) is 10.3. The van der Waals surface area contributed by atoms with E-state index in [0.717, 1.165) is 37.7 Å². The Morgan fingerprint density at radius 2 is 1.67 bits per heavy atom. The van der Waals surface area contributed by atoms with Crippen molar-refractivity contribution >= 4 is 35.2 Å². The molecule has 30 heavy (non-hydrogen) atoms. The summed E-state index contributed by atoms with van der Waals surface area (Å²) in [5.41, 5.74) is 2.33. The second-order valence-electron chi connectivity index (χ2n) is 6.69. The van der Waals surface area contributed by atoms with Gasteiger partial charge in [0.05, 0.1) is 12.1 Å². The zero-order chi connectivity index (χ0) is 21.5. The van der Waals surface area contributed by atoms with Crippen molar-refractivity contribution in [2.24, 2.45) is 4.99 Å². The smallest absolute Gasteiger partial charge is 0.333 e. The Bertz CT molecular complexity index is 944. The summed E-state index contributed by atoms with van der Waals surface area (Å²) in [4.78, 5) is 29.3. The Labute approximate surface area is 178 Å². The van der Waals surface area contributed by atoms with E-state index >= 15 is 0 Å². The second kappa shape index (κ2) is 10.2. The lowest BCUT2D eigenvalue weighted by Crippen LogP contribution is -2.46. The van der Waals surface area contributed by atoms with E-state index in [2.05, 4.69) is 58.7 Å². The number of benzene rings is 2. The predicted octanol–water partition coefficient (Wildman–Crippen LogP) is 2.04. The molecule has 4 rings (SSSR count). The Balaban J connectivity index is 0.000000244. The maximum atomic E-state index is 9.72. The van der Waals surface area contributed by atoms with Crippen molar-refractivity contribution in [2.45, 2.75) is 22.3 Å². The number of hydrogen-bond donors (Lipinski definition) is 4. The van der Waals surface area contributed by atoms with E-state index in [0.29, 0.717) is 0 Å². The van der Waals surface area contributed by atoms with Gasteiger partial charge in [-0.05, 0) is 18.2 Å². The van der Waals surface area contributed by atoms with E-state index in [9.17, 15) is 9.59 Å². The van der Waals surface area contributed by atoms with E-state index in [1.165, 1.54) is 15.4 Å². The number of para-hydroxylation sites is 1. The summed E-state index contributed by atoms with van der Waals surface area (Å²) >= 11 is 1.81. The van der Waals surface area contributed by atoms with E-state index < -0.39 is 24.5 Å². The fourth-order valence-corrected chi connectivity index (χ4v) is 4.06. The zero-order valence-electron chi connectivity index (χ0n) is 16.2. The van der Waals surface area contributed by atoms with Crippen molar-refractivity contribution in [3.63, 3.8) is 0 Å². The van der Waals surface area contributed by atoms with Crippen LogP contribution in [0.15, 0.2) is 63.3 Å². The maximum absolute atomic E-state index is 9.72. The normalized spacial score (nSPS) is 16.0. The number of hydrogen-bond acceptors (Lipinski definition) is 7. The van der Waals surface area contributed by atoms with Crippen LogP contribution in [0.25, 0.3) is 0 Å². The van der Waals surface area contributed by atoms with Crippen LogP contribution in [0.5, 0.6) is 0 Å². The van der Waals surface area contributed by atoms with Gasteiger partial charge in [-0.15, -0.1) is 0 Å². The van der Waals surface area contributed by atoms with Crippen molar-refractivity contribution in [3.8, 4) is 0 Å². The number of aliphatic imine (C=N–C) groups is 1. The van der Waals surface area contributed by atoms with Gasteiger partial charge in [0, 0.05) is 41.5 Å². The van der Waals surface area contributed by atoms with Gasteiger partial charge in [-0.3, -0.25) is 4.79 Å². The molecule has 0 unspecified atom stereocenters. The standard InChI is InChI=1S/C17H17N3S.C4H6O5/c1-3-7-15-13(5-1)17(20-11-9-18-10-12-20)19-14-6-2-4-8-16(14)21-15;5-2(4(8)9)1-3(6)7/h1-8,18H,9-12H2;2,5H,1H2,(H,6,7)(H,8,9)/t;2-/m.0/s1. The molecule has 0 bridgehead atoms. The molecule has 2 aliphatic heterocycles. The number of nitrogens with zero attached hydrogens (tertiary/aromatic N) is 2. The van der Waals surface area contributed by atoms with Gasteiger partial charge in [0.25, 0.3) is 0 Å². The Kier molecular flexibility index (Phi) is 7.45. The van der Waals surface area contributed by atoms with Crippen LogP contribution in [0.2, 0.25) is 0 Å². The largest absolute Gasteiger partial charge is 0.481 e. The first-order valence-electron chi connectivity index (χ1n) is 9.49. The number of carbonyl (C=O) groups is 2. The number of aliphatic carboxylic acids is 2. The molecule has 0 spiro atoms. The fraction of sp³-hybridized carbons (Fsp3) is 0.286. The number of piperazine rings is 1. The van der Waals surface area contributed by atoms with Gasteiger partial charge in [0.2, 0.25) is 0 Å². The molecular formula is C21H23N3O5S. The van der Waals surface area contributed by atoms with Crippen LogP contribution in [0.4, 0.5) is 5.69 Å². The highest BCUT2D eigenvalue weighted by molar-refractivity contribution is 7.99. The van der Waals surface area contributed by atoms with E-state index in [1.54, 1.807) is 0 Å². The minimum atomic E-state index is -1.79. The minimum absolute atomic E-state index is 0.755. The van der Waals surface area contributed by atoms with Gasteiger partial charge in [0.15, 0.2) is 6.10 Å². The third-order valence-corrected chi connectivity index (χ3v) is 5.65. The number of nitrogens with one attached hydrogen (secondary N) is 1. The van der Waals surface area contributed by atoms with E-state index in [1.807, 2.05) is 11.8 Å². The van der Waals surface area contributed by atoms with Gasteiger partial charge < -0.3 is 25.5 Å². The van der Waals surface area contributed by atoms with Crippen LogP contribution < -0.4 is 5.32 Å². The molecule has 1 fully saturated rings. The first kappa shape index (κ1) is 21.8. The summed E-state index contributed by atoms with van der Waals surface area (Å²) in [6.07, 6.45) is -2.54. The number of carboxylic acid groups (broad SMARTS) is 2. The molecule has 2 aromatic rings. The molecule has 0 amide bonds. The molecule has 4 N–H and O–H groups in total. The molecule has 8 nitrogen and oxygen atoms in total. The van der Waals surface area contributed by atoms with Crippen molar-refractivity contribution in [1.29, 1.82) is 0 Å². The second-order valence-corrected chi connectivity index (χ2v) is 7.77. The third kappa shape index (κ3) is 5.59. The highest BCUT2D eigenvalue weighted by Gasteiger charge is 2.22. The van der Waals surface area contributed by atoms with Crippen molar-refractivity contribution in [3.05, 3.63) is 54.1 Å². The van der Waals surface area contributed by atoms with Gasteiger partial charge in [-0.1, -0.05) is 42.1 Å². The van der Waals surface area contributed by atoms with E-state index in [4.69, 9.17) is 20.3 Å². The zero-order valence-corrected chi connectivity index (χ0v) is 17.0. The average Bonchev–Trinajstić information content (AvgIpc) is 2.91. The predicted molar refractivity (Wildman–Crippen MR) is 114 cm³/mol. The van der Waals surface area contributed by atoms with Crippen molar-refractivity contribution < 1.29 is 24.9 Å². The van der Waals surface area contributed by atoms with Crippen LogP contribution in [0, 0.1) is 0 Å². The van der Waals surface area contributed by atoms with Crippen molar-refractivity contribution in [2.75, 3.05) is 26.2 Å². The minimum Gasteiger partial charge on any atom is -0.481 e. The number of amidine groups is 1. The van der Waals surface area contributed by atoms with Crippen LogP contribution >= 0.6 is 11.8 Å². The SMILES string of the molecule is O=C(O)C[C@H](O)C(=O)O.c1ccc2c(c1)N=C(N1CCNCC1)c1ccccc1S2. The van der Waals surface area contributed by atoms with Crippen LogP contribution in [0.3, 0.4) is 0 Å². The van der Waals surface area contributed by atoms with Gasteiger partial charge in [0.1, 0.15) is 5.84 Å². The van der Waals surface area contributed by atoms with Gasteiger partial charge >= 0.3 is 11.9 Å². The van der Waals surface area contributed by atoms with Crippen molar-refractivity contribution in [1.82, 2.24) is 10.2 Å². The van der Waals surface area contributed by atoms with Gasteiger partial charge in [-0.25, -0.2) is 9.79 Å². The lowest BCUT2D eigenvalue weighted by molar-refractivity contribution is -0.152. The molecule has 1 saturated heterocycles. The Morgan fingerprint density at radius 3 is 2.30 bits per heavy atom. The molecule has 0 radical (unpaired) electrons. The van der Waals surface area contributed by atoms with Gasteiger partial charge in [-0.2, -0.15) is 0 Å². The van der Waals surface area contributed by atoms with Crippen LogP contribution in [0.1, 0.15) is 12.0 Å². The highest BCUT2D eigenvalue weighted by atomic mass is 32.2. The quantitative estimate of drug-likeness (QED) is 0.585. The molecule has 0 aromatic heterocycles. The molecular weight excluding hydrogens is 406 g/mol. The van der Waals surface area contributed by atoms with Crippen LogP contribution in [-0.2, 0) is 9.59 Å². The summed E-state index contributed by atoms with van der Waals surface area (Å²) in [7, 11) is 0. The molecule has 0 aliphatic carbocycles. The number of aliphatic hydroxyl groups excluding tert-OH is 1. The van der Waals surface area contributed by atoms with E-state index in [-0.39, 0.29) is 0 Å². The average molecular weight is 429 g/mol. The molecule has 2 aromatic carbocycles. The first-order chi connectivity index (χ1) is 14.5. The summed E-state index contributed by atoms with van der Waals surface area (Å²) in [5.74, 6) is -1.73. The highest BCUT2D eigenvalue weighted by Crippen LogP contribution is 2.40. The number of rotatable bonds is 3. The summed E-state index contributed by atoms with van der Waals surface area (Å²) in [6.45, 7) is 4.08. The topological polar surface area (TPSA) is 122 Å². The number of carboxylic acids is 2. The fourth-order valence-electron chi connectivity index (χ4n) is 3.04. The Hall–Kier alpha value is -2.88. The maximum Gasteiger partial charge on any atom is 0.333 e. The number of aliphatic hydroxyl groups is 1. The molecule has 2 heterocycles. The Morgan fingerprint density at radius 1 is 1.03 bits per heavy atom. The lowest BCUT2D eigenvalue weighted by atomic mass is 10.1. The summed E-state index contributed by atoms with van der Waals surface area (Å²) < 4.78 is 0. The summed E-state index contributed by atoms with van der Waals surface area (Å²) in [6, 6.07) is 17.0. The molecule has 9 heteroatoms. The molecule has 0 saturated carbocycles. The molecule has 2 aliphatic rings. The monoisotopic (exact) mass is 429 g/mol. The third-order valence-electron chi connectivity index (χ3n) is 4.51. The molecule has 158 valence electrons. The van der Waals surface area contributed by atoms with Crippen LogP contribution in [-0.4, -0.2) is 70.3 Å². The number of fused-ring (bicyclic) bond motifs is 2. The molecule has 1 atom stereocenters. The summed E-state index contributed by atoms with van der Waals surface area (Å²) in [5, 5.41) is 27.6.